The third kappa shape index (κ3) is 3.22. The van der Waals surface area contributed by atoms with Crippen LogP contribution in [0.1, 0.15) is 17.5 Å². The molecule has 3 aromatic rings. The van der Waals surface area contributed by atoms with Gasteiger partial charge in [-0.1, -0.05) is 36.4 Å². The summed E-state index contributed by atoms with van der Waals surface area (Å²) in [6.07, 6.45) is 1.96. The molecule has 0 amide bonds. The highest BCUT2D eigenvalue weighted by Gasteiger charge is 2.27. The molecule has 1 aliphatic heterocycles. The van der Waals surface area contributed by atoms with Gasteiger partial charge in [-0.3, -0.25) is 9.79 Å². The summed E-state index contributed by atoms with van der Waals surface area (Å²) in [6.45, 7) is 1.87. The summed E-state index contributed by atoms with van der Waals surface area (Å²) in [5.41, 5.74) is 1.53. The minimum atomic E-state index is -3.05. The molecule has 0 aliphatic carbocycles. The Balaban J connectivity index is 1.93. The molecule has 1 aliphatic rings. The first kappa shape index (κ1) is 18.4. The van der Waals surface area contributed by atoms with Crippen LogP contribution in [0.5, 0.6) is 5.88 Å². The van der Waals surface area contributed by atoms with E-state index >= 15 is 0 Å². The lowest BCUT2D eigenvalue weighted by Crippen LogP contribution is -2.21. The molecule has 1 N–H and O–H groups in total. The Bertz CT molecular complexity index is 1260. The topological polar surface area (TPSA) is 88.7 Å². The van der Waals surface area contributed by atoms with Gasteiger partial charge in [-0.05, 0) is 31.0 Å². The first-order chi connectivity index (χ1) is 13.4. The van der Waals surface area contributed by atoms with Crippen molar-refractivity contribution in [2.75, 3.05) is 11.5 Å². The first-order valence-corrected chi connectivity index (χ1v) is 10.9. The van der Waals surface area contributed by atoms with Gasteiger partial charge in [0.15, 0.2) is 9.84 Å². The van der Waals surface area contributed by atoms with Crippen molar-refractivity contribution in [2.45, 2.75) is 19.4 Å². The summed E-state index contributed by atoms with van der Waals surface area (Å²) < 4.78 is 24.7. The molecule has 0 spiro atoms. The highest BCUT2D eigenvalue weighted by Crippen LogP contribution is 2.27. The van der Waals surface area contributed by atoms with Gasteiger partial charge in [0.1, 0.15) is 0 Å². The van der Waals surface area contributed by atoms with Gasteiger partial charge in [-0.2, -0.15) is 0 Å². The number of hydrogen-bond donors (Lipinski definition) is 1. The number of nitrogens with zero attached hydrogens (tertiary/aromatic N) is 2. The Morgan fingerprint density at radius 2 is 1.79 bits per heavy atom. The molecule has 6 nitrogen and oxygen atoms in total. The molecule has 144 valence electrons. The Morgan fingerprint density at radius 3 is 2.46 bits per heavy atom. The van der Waals surface area contributed by atoms with Crippen LogP contribution >= 0.6 is 0 Å². The Kier molecular flexibility index (Phi) is 4.55. The molecule has 28 heavy (non-hydrogen) atoms. The highest BCUT2D eigenvalue weighted by atomic mass is 32.2. The van der Waals surface area contributed by atoms with Gasteiger partial charge in [0.2, 0.25) is 5.88 Å². The van der Waals surface area contributed by atoms with Gasteiger partial charge in [-0.15, -0.1) is 0 Å². The Morgan fingerprint density at radius 1 is 1.11 bits per heavy atom. The van der Waals surface area contributed by atoms with E-state index in [9.17, 15) is 18.3 Å². The summed E-state index contributed by atoms with van der Waals surface area (Å²) in [7, 11) is -3.05. The van der Waals surface area contributed by atoms with Crippen LogP contribution in [-0.2, 0) is 9.84 Å². The second kappa shape index (κ2) is 6.91. The smallest absolute Gasteiger partial charge is 0.265 e. The van der Waals surface area contributed by atoms with Crippen molar-refractivity contribution >= 4 is 26.8 Å². The molecule has 7 heteroatoms. The van der Waals surface area contributed by atoms with Crippen LogP contribution in [0.4, 0.5) is 0 Å². The van der Waals surface area contributed by atoms with Gasteiger partial charge < -0.3 is 5.11 Å². The van der Waals surface area contributed by atoms with Gasteiger partial charge in [0.05, 0.1) is 28.8 Å². The molecule has 1 atom stereocenters. The molecule has 0 saturated carbocycles. The second-order valence-electron chi connectivity index (χ2n) is 7.04. The molecule has 1 aromatic heterocycles. The van der Waals surface area contributed by atoms with Crippen molar-refractivity contribution in [3.8, 4) is 11.6 Å². The van der Waals surface area contributed by atoms with Gasteiger partial charge in [0.25, 0.3) is 5.56 Å². The molecule has 1 saturated heterocycles. The van der Waals surface area contributed by atoms with E-state index in [0.29, 0.717) is 28.4 Å². The van der Waals surface area contributed by atoms with Gasteiger partial charge >= 0.3 is 0 Å². The van der Waals surface area contributed by atoms with Crippen molar-refractivity contribution in [3.05, 3.63) is 70.0 Å². The van der Waals surface area contributed by atoms with E-state index in [4.69, 9.17) is 0 Å². The maximum Gasteiger partial charge on any atom is 0.265 e. The Hall–Kier alpha value is -2.93. The molecule has 2 heterocycles. The summed E-state index contributed by atoms with van der Waals surface area (Å²) in [5.74, 6) is -0.0630. The number of aromatic hydroxyl groups is 1. The highest BCUT2D eigenvalue weighted by molar-refractivity contribution is 7.91. The van der Waals surface area contributed by atoms with Gasteiger partial charge in [-0.25, -0.2) is 13.0 Å². The van der Waals surface area contributed by atoms with Crippen LogP contribution in [0.2, 0.25) is 0 Å². The fraction of sp³-hybridized carbons (Fsp3) is 0.238. The number of aromatic nitrogens is 1. The fourth-order valence-electron chi connectivity index (χ4n) is 3.60. The second-order valence-corrected chi connectivity index (χ2v) is 9.27. The maximum atomic E-state index is 13.1. The predicted octanol–water partition coefficient (Wildman–Crippen LogP) is 2.61. The molecule has 0 bridgehead atoms. The number of pyridine rings is 1. The molecule has 0 unspecified atom stereocenters. The van der Waals surface area contributed by atoms with E-state index < -0.39 is 9.84 Å². The summed E-state index contributed by atoms with van der Waals surface area (Å²) in [4.78, 5) is 17.5. The summed E-state index contributed by atoms with van der Waals surface area (Å²) in [5, 5.41) is 12.0. The van der Waals surface area contributed by atoms with E-state index in [2.05, 4.69) is 4.99 Å². The van der Waals surface area contributed by atoms with E-state index in [1.54, 1.807) is 36.4 Å². The molecule has 4 rings (SSSR count). The van der Waals surface area contributed by atoms with Crippen LogP contribution in [0.25, 0.3) is 16.5 Å². The van der Waals surface area contributed by atoms with Crippen molar-refractivity contribution in [3.63, 3.8) is 0 Å². The minimum absolute atomic E-state index is 0.0135. The van der Waals surface area contributed by atoms with Crippen LogP contribution in [0.3, 0.4) is 0 Å². The van der Waals surface area contributed by atoms with E-state index in [1.165, 1.54) is 10.8 Å². The number of benzene rings is 2. The van der Waals surface area contributed by atoms with Crippen molar-refractivity contribution in [1.82, 2.24) is 4.57 Å². The number of sulfone groups is 1. The van der Waals surface area contributed by atoms with Crippen LogP contribution < -0.4 is 5.56 Å². The monoisotopic (exact) mass is 396 g/mol. The summed E-state index contributed by atoms with van der Waals surface area (Å²) in [6, 6.07) is 14.0. The zero-order chi connectivity index (χ0) is 19.9. The quantitative estimate of drug-likeness (QED) is 0.689. The average molecular weight is 396 g/mol. The number of hydrogen-bond acceptors (Lipinski definition) is 5. The Labute approximate surface area is 162 Å². The van der Waals surface area contributed by atoms with Crippen molar-refractivity contribution in [1.29, 1.82) is 0 Å². The number of fused-ring (bicyclic) bond motifs is 1. The molecule has 2 aromatic carbocycles. The fourth-order valence-corrected chi connectivity index (χ4v) is 5.24. The zero-order valence-electron chi connectivity index (χ0n) is 15.4. The summed E-state index contributed by atoms with van der Waals surface area (Å²) >= 11 is 0. The number of para-hydroxylation sites is 1. The maximum absolute atomic E-state index is 13.1. The standard InChI is InChI=1S/C21H20N2O4S/c1-14-6-2-5-9-19(14)23-20(24)17-8-4-3-7-16(17)18(21(23)25)12-22-15-10-11-28(26,27)13-15/h2-9,12,15,25H,10-11,13H2,1H3/t15-/m1/s1. The number of aryl methyl sites for hydroxylation is 1. The lowest BCUT2D eigenvalue weighted by atomic mass is 10.1. The SMILES string of the molecule is Cc1ccccc1-n1c(O)c(C=N[C@@H]2CCS(=O)(=O)C2)c2ccccc2c1=O. The molecule has 0 radical (unpaired) electrons. The third-order valence-corrected chi connectivity index (χ3v) is 6.83. The van der Waals surface area contributed by atoms with E-state index in [-0.39, 0.29) is 29.0 Å². The van der Waals surface area contributed by atoms with Crippen molar-refractivity contribution in [2.24, 2.45) is 4.99 Å². The first-order valence-electron chi connectivity index (χ1n) is 9.04. The molecular formula is C21H20N2O4S. The largest absolute Gasteiger partial charge is 0.494 e. The zero-order valence-corrected chi connectivity index (χ0v) is 16.2. The number of rotatable bonds is 3. The van der Waals surface area contributed by atoms with Crippen LogP contribution in [-0.4, -0.2) is 41.9 Å². The average Bonchev–Trinajstić information content (AvgIpc) is 3.02. The number of aliphatic imine (C=N–C) groups is 1. The normalized spacial score (nSPS) is 18.8. The lowest BCUT2D eigenvalue weighted by molar-refractivity contribution is 0.436. The van der Waals surface area contributed by atoms with Crippen LogP contribution in [0.15, 0.2) is 58.3 Å². The lowest BCUT2D eigenvalue weighted by Gasteiger charge is -2.15. The predicted molar refractivity (Wildman–Crippen MR) is 111 cm³/mol. The third-order valence-electron chi connectivity index (χ3n) is 5.08. The minimum Gasteiger partial charge on any atom is -0.494 e. The molecule has 1 fully saturated rings. The molecular weight excluding hydrogens is 376 g/mol. The van der Waals surface area contributed by atoms with Crippen LogP contribution in [0, 0.1) is 6.92 Å². The van der Waals surface area contributed by atoms with Gasteiger partial charge in [0, 0.05) is 17.0 Å². The van der Waals surface area contributed by atoms with Crippen molar-refractivity contribution < 1.29 is 13.5 Å². The van der Waals surface area contributed by atoms with E-state index in [1.807, 2.05) is 19.1 Å². The van der Waals surface area contributed by atoms with E-state index in [0.717, 1.165) is 5.56 Å².